The smallest absolute Gasteiger partial charge is 0.329 e. The molecule has 0 bridgehead atoms. The summed E-state index contributed by atoms with van der Waals surface area (Å²) in [5.41, 5.74) is 3.90. The van der Waals surface area contributed by atoms with Crippen molar-refractivity contribution in [2.75, 3.05) is 6.61 Å². The van der Waals surface area contributed by atoms with Crippen molar-refractivity contribution < 1.29 is 9.84 Å². The predicted octanol–water partition coefficient (Wildman–Crippen LogP) is 3.27. The highest BCUT2D eigenvalue weighted by molar-refractivity contribution is 5.76. The van der Waals surface area contributed by atoms with E-state index >= 15 is 0 Å². The van der Waals surface area contributed by atoms with E-state index in [4.69, 9.17) is 4.74 Å². The predicted molar refractivity (Wildman–Crippen MR) is 104 cm³/mol. The first-order valence-corrected chi connectivity index (χ1v) is 9.07. The molecule has 26 heavy (non-hydrogen) atoms. The summed E-state index contributed by atoms with van der Waals surface area (Å²) < 4.78 is 9.15. The zero-order valence-electron chi connectivity index (χ0n) is 15.6. The molecule has 1 N–H and O–H groups in total. The number of aliphatic hydroxyl groups excluding tert-OH is 1. The van der Waals surface area contributed by atoms with Gasteiger partial charge >= 0.3 is 5.69 Å². The molecule has 5 heteroatoms. The van der Waals surface area contributed by atoms with Crippen LogP contribution in [0.3, 0.4) is 0 Å². The van der Waals surface area contributed by atoms with Gasteiger partial charge in [0.15, 0.2) is 0 Å². The van der Waals surface area contributed by atoms with E-state index in [0.717, 1.165) is 34.3 Å². The Morgan fingerprint density at radius 2 is 1.65 bits per heavy atom. The van der Waals surface area contributed by atoms with Crippen LogP contribution in [-0.2, 0) is 13.1 Å². The molecule has 5 nitrogen and oxygen atoms in total. The van der Waals surface area contributed by atoms with Crippen molar-refractivity contribution in [3.63, 3.8) is 0 Å². The van der Waals surface area contributed by atoms with Crippen LogP contribution in [0.1, 0.15) is 24.5 Å². The standard InChI is InChI=1S/C21H26N2O3/c1-4-9-22-19-7-5-6-8-20(19)23(21(22)25)13-17(24)14-26-18-11-15(2)10-16(3)12-18/h5-8,10-12,17,24H,4,9,13-14H2,1-3H3/t17-/m0/s1. The Kier molecular flexibility index (Phi) is 5.47. The number of rotatable bonds is 7. The van der Waals surface area contributed by atoms with Gasteiger partial charge in [0.2, 0.25) is 0 Å². The molecule has 0 saturated carbocycles. The van der Waals surface area contributed by atoms with E-state index in [1.807, 2.05) is 57.2 Å². The number of benzene rings is 2. The van der Waals surface area contributed by atoms with Crippen LogP contribution in [0.5, 0.6) is 5.75 Å². The van der Waals surface area contributed by atoms with Crippen LogP contribution in [0.15, 0.2) is 47.3 Å². The quantitative estimate of drug-likeness (QED) is 0.708. The van der Waals surface area contributed by atoms with Crippen molar-refractivity contribution in [1.82, 2.24) is 9.13 Å². The fraction of sp³-hybridized carbons (Fsp3) is 0.381. The summed E-state index contributed by atoms with van der Waals surface area (Å²) >= 11 is 0. The lowest BCUT2D eigenvalue weighted by Crippen LogP contribution is -2.31. The summed E-state index contributed by atoms with van der Waals surface area (Å²) in [5.74, 6) is 0.738. The van der Waals surface area contributed by atoms with Gasteiger partial charge in [-0.25, -0.2) is 4.79 Å². The molecule has 1 aromatic heterocycles. The third-order valence-electron chi connectivity index (χ3n) is 4.40. The molecule has 3 aromatic rings. The first-order valence-electron chi connectivity index (χ1n) is 9.07. The van der Waals surface area contributed by atoms with Crippen molar-refractivity contribution in [3.05, 3.63) is 64.1 Å². The molecule has 0 amide bonds. The monoisotopic (exact) mass is 354 g/mol. The highest BCUT2D eigenvalue weighted by atomic mass is 16.5. The highest BCUT2D eigenvalue weighted by Crippen LogP contribution is 2.17. The molecule has 1 atom stereocenters. The number of aliphatic hydroxyl groups is 1. The first kappa shape index (κ1) is 18.3. The largest absolute Gasteiger partial charge is 0.491 e. The minimum absolute atomic E-state index is 0.0847. The maximum atomic E-state index is 12.8. The normalized spacial score (nSPS) is 12.5. The van der Waals surface area contributed by atoms with E-state index in [1.165, 1.54) is 0 Å². The number of para-hydroxylation sites is 2. The van der Waals surface area contributed by atoms with Gasteiger partial charge in [-0.3, -0.25) is 9.13 Å². The molecule has 0 aliphatic rings. The van der Waals surface area contributed by atoms with Crippen LogP contribution in [-0.4, -0.2) is 27.0 Å². The van der Waals surface area contributed by atoms with Gasteiger partial charge in [0.1, 0.15) is 18.5 Å². The number of hydrogen-bond acceptors (Lipinski definition) is 3. The molecule has 0 unspecified atom stereocenters. The van der Waals surface area contributed by atoms with Gasteiger partial charge in [-0.1, -0.05) is 25.1 Å². The van der Waals surface area contributed by atoms with Crippen molar-refractivity contribution in [3.8, 4) is 5.75 Å². The van der Waals surface area contributed by atoms with Crippen LogP contribution in [0.25, 0.3) is 11.0 Å². The van der Waals surface area contributed by atoms with Gasteiger partial charge in [0.25, 0.3) is 0 Å². The molecule has 0 fully saturated rings. The maximum Gasteiger partial charge on any atom is 0.329 e. The number of aryl methyl sites for hydroxylation is 3. The second-order valence-corrected chi connectivity index (χ2v) is 6.82. The first-order chi connectivity index (χ1) is 12.5. The SMILES string of the molecule is CCCn1c(=O)n(C[C@H](O)COc2cc(C)cc(C)c2)c2ccccc21. The van der Waals surface area contributed by atoms with Crippen LogP contribution in [0.2, 0.25) is 0 Å². The number of hydrogen-bond donors (Lipinski definition) is 1. The van der Waals surface area contributed by atoms with Gasteiger partial charge < -0.3 is 9.84 Å². The molecule has 0 aliphatic carbocycles. The average molecular weight is 354 g/mol. The van der Waals surface area contributed by atoms with Crippen molar-refractivity contribution in [1.29, 1.82) is 0 Å². The van der Waals surface area contributed by atoms with E-state index in [1.54, 1.807) is 9.13 Å². The zero-order valence-corrected chi connectivity index (χ0v) is 15.6. The summed E-state index contributed by atoms with van der Waals surface area (Å²) in [6.45, 7) is 7.09. The molecule has 2 aromatic carbocycles. The lowest BCUT2D eigenvalue weighted by Gasteiger charge is -2.14. The Balaban J connectivity index is 1.78. The number of nitrogens with zero attached hydrogens (tertiary/aromatic N) is 2. The van der Waals surface area contributed by atoms with Gasteiger partial charge in [-0.05, 0) is 55.7 Å². The maximum absolute atomic E-state index is 12.8. The number of aromatic nitrogens is 2. The third-order valence-corrected chi connectivity index (χ3v) is 4.40. The summed E-state index contributed by atoms with van der Waals surface area (Å²) in [4.78, 5) is 12.8. The minimum Gasteiger partial charge on any atom is -0.491 e. The molecule has 3 rings (SSSR count). The van der Waals surface area contributed by atoms with Crippen molar-refractivity contribution >= 4 is 11.0 Å². The lowest BCUT2D eigenvalue weighted by atomic mass is 10.1. The molecule has 0 radical (unpaired) electrons. The third kappa shape index (κ3) is 3.83. The Morgan fingerprint density at radius 3 is 2.27 bits per heavy atom. The summed E-state index contributed by atoms with van der Waals surface area (Å²) in [5, 5.41) is 10.4. The molecular formula is C21H26N2O3. The van der Waals surface area contributed by atoms with Crippen LogP contribution >= 0.6 is 0 Å². The number of fused-ring (bicyclic) bond motifs is 1. The summed E-state index contributed by atoms with van der Waals surface area (Å²) in [6, 6.07) is 13.7. The van der Waals surface area contributed by atoms with E-state index < -0.39 is 6.10 Å². The molecule has 1 heterocycles. The minimum atomic E-state index is -0.769. The van der Waals surface area contributed by atoms with Gasteiger partial charge in [-0.2, -0.15) is 0 Å². The molecule has 0 saturated heterocycles. The van der Waals surface area contributed by atoms with E-state index in [0.29, 0.717) is 6.54 Å². The fourth-order valence-corrected chi connectivity index (χ4v) is 3.36. The highest BCUT2D eigenvalue weighted by Gasteiger charge is 2.16. The van der Waals surface area contributed by atoms with Gasteiger partial charge in [0.05, 0.1) is 17.6 Å². The number of ether oxygens (including phenoxy) is 1. The van der Waals surface area contributed by atoms with Crippen LogP contribution < -0.4 is 10.4 Å². The Morgan fingerprint density at radius 1 is 1.04 bits per heavy atom. The molecule has 0 spiro atoms. The van der Waals surface area contributed by atoms with Crippen molar-refractivity contribution in [2.24, 2.45) is 0 Å². The van der Waals surface area contributed by atoms with Gasteiger partial charge in [0, 0.05) is 6.54 Å². The Bertz CT molecular complexity index is 935. The van der Waals surface area contributed by atoms with E-state index in [-0.39, 0.29) is 18.8 Å². The lowest BCUT2D eigenvalue weighted by molar-refractivity contribution is 0.0924. The molecule has 0 aliphatic heterocycles. The second-order valence-electron chi connectivity index (χ2n) is 6.82. The summed E-state index contributed by atoms with van der Waals surface area (Å²) in [6.07, 6.45) is 0.112. The van der Waals surface area contributed by atoms with E-state index in [2.05, 4.69) is 6.07 Å². The zero-order chi connectivity index (χ0) is 18.7. The molecule has 138 valence electrons. The Hall–Kier alpha value is -2.53. The molecular weight excluding hydrogens is 328 g/mol. The van der Waals surface area contributed by atoms with Crippen LogP contribution in [0, 0.1) is 13.8 Å². The Labute approximate surface area is 153 Å². The fourth-order valence-electron chi connectivity index (χ4n) is 3.36. The number of imidazole rings is 1. The average Bonchev–Trinajstić information content (AvgIpc) is 2.86. The van der Waals surface area contributed by atoms with Crippen molar-refractivity contribution in [2.45, 2.75) is 46.4 Å². The summed E-state index contributed by atoms with van der Waals surface area (Å²) in [7, 11) is 0. The van der Waals surface area contributed by atoms with Crippen LogP contribution in [0.4, 0.5) is 0 Å². The topological polar surface area (TPSA) is 56.4 Å². The second kappa shape index (κ2) is 7.79. The van der Waals surface area contributed by atoms with E-state index in [9.17, 15) is 9.90 Å². The van der Waals surface area contributed by atoms with Gasteiger partial charge in [-0.15, -0.1) is 0 Å².